The molecule has 6 nitrogen and oxygen atoms in total. The van der Waals surface area contributed by atoms with Crippen molar-refractivity contribution in [3.8, 4) is 22.7 Å². The Morgan fingerprint density at radius 1 is 1.03 bits per heavy atom. The van der Waals surface area contributed by atoms with Gasteiger partial charge in [-0.3, -0.25) is 4.79 Å². The normalized spacial score (nSPS) is 10.9. The molecule has 154 valence electrons. The molecule has 0 spiro atoms. The Balaban J connectivity index is 1.65. The molecule has 0 unspecified atom stereocenters. The third-order valence-corrected chi connectivity index (χ3v) is 4.95. The van der Waals surface area contributed by atoms with Crippen LogP contribution >= 0.6 is 11.6 Å². The summed E-state index contributed by atoms with van der Waals surface area (Å²) in [6.45, 7) is 0. The molecule has 0 fully saturated rings. The number of carbonyl (C=O) groups is 1. The first kappa shape index (κ1) is 20.4. The van der Waals surface area contributed by atoms with E-state index in [9.17, 15) is 4.79 Å². The molecule has 0 aliphatic carbocycles. The second-order valence-corrected chi connectivity index (χ2v) is 7.02. The summed E-state index contributed by atoms with van der Waals surface area (Å²) in [4.78, 5) is 12.9. The van der Waals surface area contributed by atoms with E-state index >= 15 is 0 Å². The Labute approximate surface area is 184 Å². The predicted octanol–water partition coefficient (Wildman–Crippen LogP) is 4.97. The molecule has 7 heteroatoms. The highest BCUT2D eigenvalue weighted by atomic mass is 35.5. The van der Waals surface area contributed by atoms with Crippen molar-refractivity contribution >= 4 is 23.7 Å². The predicted molar refractivity (Wildman–Crippen MR) is 122 cm³/mol. The molecule has 0 saturated heterocycles. The number of hydrogen-bond acceptors (Lipinski definition) is 4. The van der Waals surface area contributed by atoms with Gasteiger partial charge in [-0.15, -0.1) is 0 Å². The first-order valence-corrected chi connectivity index (χ1v) is 9.91. The van der Waals surface area contributed by atoms with Crippen LogP contribution in [-0.4, -0.2) is 29.0 Å². The summed E-state index contributed by atoms with van der Waals surface area (Å²) in [5, 5.41) is 9.25. The Morgan fingerprint density at radius 3 is 2.45 bits per heavy atom. The van der Waals surface area contributed by atoms with Crippen molar-refractivity contribution in [2.45, 2.75) is 0 Å². The standard InChI is InChI=1S/C24H19ClN4O2/c1-31-20-13-11-17(12-14-20)22-15-23(29(28-22)19-8-3-2-4-9-19)24(30)27-26-16-18-7-5-6-10-21(18)25/h2-16H,1H3,(H,27,30)/b26-16-. The van der Waals surface area contributed by atoms with E-state index in [2.05, 4.69) is 15.6 Å². The van der Waals surface area contributed by atoms with Crippen LogP contribution in [0.1, 0.15) is 16.1 Å². The SMILES string of the molecule is COc1ccc(-c2cc(C(=O)N/N=C\c3ccccc3Cl)n(-c3ccccc3)n2)cc1. The Hall–Kier alpha value is -3.90. The molecule has 1 aromatic heterocycles. The van der Waals surface area contributed by atoms with Crippen LogP contribution in [0.15, 0.2) is 90.0 Å². The summed E-state index contributed by atoms with van der Waals surface area (Å²) in [6, 6.07) is 25.9. The molecule has 4 aromatic rings. The van der Waals surface area contributed by atoms with Gasteiger partial charge >= 0.3 is 0 Å². The maximum absolute atomic E-state index is 12.9. The van der Waals surface area contributed by atoms with Crippen LogP contribution < -0.4 is 10.2 Å². The van der Waals surface area contributed by atoms with Gasteiger partial charge in [-0.2, -0.15) is 10.2 Å². The topological polar surface area (TPSA) is 68.5 Å². The molecule has 0 aliphatic heterocycles. The van der Waals surface area contributed by atoms with E-state index in [-0.39, 0.29) is 5.91 Å². The van der Waals surface area contributed by atoms with E-state index < -0.39 is 0 Å². The van der Waals surface area contributed by atoms with Crippen LogP contribution in [0.3, 0.4) is 0 Å². The quantitative estimate of drug-likeness (QED) is 0.347. The number of aromatic nitrogens is 2. The average molecular weight is 431 g/mol. The van der Waals surface area contributed by atoms with Gasteiger partial charge in [-0.1, -0.05) is 48.0 Å². The fourth-order valence-electron chi connectivity index (χ4n) is 3.01. The van der Waals surface area contributed by atoms with Crippen molar-refractivity contribution in [3.05, 3.63) is 101 Å². The number of carbonyl (C=O) groups excluding carboxylic acids is 1. The number of hydrogen-bond donors (Lipinski definition) is 1. The van der Waals surface area contributed by atoms with Crippen LogP contribution in [0.25, 0.3) is 16.9 Å². The van der Waals surface area contributed by atoms with E-state index in [0.717, 1.165) is 17.0 Å². The fourth-order valence-corrected chi connectivity index (χ4v) is 3.19. The summed E-state index contributed by atoms with van der Waals surface area (Å²) < 4.78 is 6.81. The highest BCUT2D eigenvalue weighted by molar-refractivity contribution is 6.33. The Morgan fingerprint density at radius 2 is 1.74 bits per heavy atom. The molecule has 0 saturated carbocycles. The second kappa shape index (κ2) is 9.28. The number of rotatable bonds is 6. The maximum Gasteiger partial charge on any atom is 0.290 e. The van der Waals surface area contributed by atoms with Gasteiger partial charge in [-0.25, -0.2) is 10.1 Å². The molecular weight excluding hydrogens is 412 g/mol. The number of amides is 1. The summed E-state index contributed by atoms with van der Waals surface area (Å²) >= 11 is 6.13. The van der Waals surface area contributed by atoms with Crippen LogP contribution in [0.5, 0.6) is 5.75 Å². The third-order valence-electron chi connectivity index (χ3n) is 4.60. The number of halogens is 1. The maximum atomic E-state index is 12.9. The van der Waals surface area contributed by atoms with Crippen LogP contribution in [0.2, 0.25) is 5.02 Å². The smallest absolute Gasteiger partial charge is 0.290 e. The number of para-hydroxylation sites is 1. The van der Waals surface area contributed by atoms with Gasteiger partial charge in [0.25, 0.3) is 5.91 Å². The van der Waals surface area contributed by atoms with Gasteiger partial charge in [0.2, 0.25) is 0 Å². The number of nitrogens with zero attached hydrogens (tertiary/aromatic N) is 3. The number of ether oxygens (including phenoxy) is 1. The number of hydrazone groups is 1. The molecule has 1 amide bonds. The minimum atomic E-state index is -0.389. The average Bonchev–Trinajstić information content (AvgIpc) is 3.26. The van der Waals surface area contributed by atoms with E-state index in [1.54, 1.807) is 23.9 Å². The van der Waals surface area contributed by atoms with Gasteiger partial charge in [0.1, 0.15) is 11.4 Å². The molecule has 0 radical (unpaired) electrons. The summed E-state index contributed by atoms with van der Waals surface area (Å²) in [5.41, 5.74) is 5.91. The number of nitrogens with one attached hydrogen (secondary N) is 1. The Kier molecular flexibility index (Phi) is 6.10. The van der Waals surface area contributed by atoms with Crippen LogP contribution in [0, 0.1) is 0 Å². The van der Waals surface area contributed by atoms with Crippen molar-refractivity contribution in [2.75, 3.05) is 7.11 Å². The lowest BCUT2D eigenvalue weighted by Gasteiger charge is -2.06. The zero-order valence-corrected chi connectivity index (χ0v) is 17.5. The van der Waals surface area contributed by atoms with Gasteiger partial charge in [0.15, 0.2) is 0 Å². The fraction of sp³-hybridized carbons (Fsp3) is 0.0417. The first-order valence-electron chi connectivity index (χ1n) is 9.53. The minimum Gasteiger partial charge on any atom is -0.497 e. The van der Waals surface area contributed by atoms with Crippen molar-refractivity contribution in [1.82, 2.24) is 15.2 Å². The summed E-state index contributed by atoms with van der Waals surface area (Å²) in [7, 11) is 1.62. The van der Waals surface area contributed by atoms with Gasteiger partial charge in [0.05, 0.1) is 24.7 Å². The van der Waals surface area contributed by atoms with Gasteiger partial charge in [0, 0.05) is 16.1 Å². The molecular formula is C24H19ClN4O2. The zero-order chi connectivity index (χ0) is 21.6. The molecule has 1 heterocycles. The first-order chi connectivity index (χ1) is 15.2. The second-order valence-electron chi connectivity index (χ2n) is 6.61. The molecule has 4 rings (SSSR count). The van der Waals surface area contributed by atoms with E-state index in [1.807, 2.05) is 72.8 Å². The summed E-state index contributed by atoms with van der Waals surface area (Å²) in [5.74, 6) is 0.359. The number of benzene rings is 3. The molecule has 3 aromatic carbocycles. The van der Waals surface area contributed by atoms with Crippen LogP contribution in [-0.2, 0) is 0 Å². The van der Waals surface area contributed by atoms with E-state index in [1.165, 1.54) is 6.21 Å². The van der Waals surface area contributed by atoms with Crippen molar-refractivity contribution < 1.29 is 9.53 Å². The van der Waals surface area contributed by atoms with E-state index in [4.69, 9.17) is 16.3 Å². The lowest BCUT2D eigenvalue weighted by molar-refractivity contribution is 0.0947. The van der Waals surface area contributed by atoms with Crippen molar-refractivity contribution in [2.24, 2.45) is 5.10 Å². The molecule has 0 aliphatic rings. The highest BCUT2D eigenvalue weighted by Crippen LogP contribution is 2.24. The lowest BCUT2D eigenvalue weighted by atomic mass is 10.1. The largest absolute Gasteiger partial charge is 0.497 e. The zero-order valence-electron chi connectivity index (χ0n) is 16.7. The monoisotopic (exact) mass is 430 g/mol. The van der Waals surface area contributed by atoms with Gasteiger partial charge < -0.3 is 4.74 Å². The lowest BCUT2D eigenvalue weighted by Crippen LogP contribution is -2.21. The molecule has 31 heavy (non-hydrogen) atoms. The van der Waals surface area contributed by atoms with Crippen molar-refractivity contribution in [3.63, 3.8) is 0 Å². The molecule has 0 bridgehead atoms. The van der Waals surface area contributed by atoms with Crippen molar-refractivity contribution in [1.29, 1.82) is 0 Å². The highest BCUT2D eigenvalue weighted by Gasteiger charge is 2.17. The Bertz CT molecular complexity index is 1220. The molecule has 1 N–H and O–H groups in total. The molecule has 0 atom stereocenters. The van der Waals surface area contributed by atoms with E-state index in [0.29, 0.717) is 22.0 Å². The summed E-state index contributed by atoms with van der Waals surface area (Å²) in [6.07, 6.45) is 1.51. The minimum absolute atomic E-state index is 0.355. The third kappa shape index (κ3) is 4.65. The van der Waals surface area contributed by atoms with Crippen LogP contribution in [0.4, 0.5) is 0 Å². The van der Waals surface area contributed by atoms with Gasteiger partial charge in [-0.05, 0) is 48.5 Å². The number of methoxy groups -OCH3 is 1.